The van der Waals surface area contributed by atoms with Crippen molar-refractivity contribution in [3.05, 3.63) is 29.6 Å². The van der Waals surface area contributed by atoms with E-state index in [1.54, 1.807) is 11.0 Å². The average Bonchev–Trinajstić information content (AvgIpc) is 2.17. The van der Waals surface area contributed by atoms with Gasteiger partial charge >= 0.3 is 0 Å². The van der Waals surface area contributed by atoms with Crippen LogP contribution in [0, 0.1) is 5.82 Å². The standard InChI is InChI=1S/C12H19FN2/c1-5-14-9(2)10-6-7-12(15(3)4)11(13)8-10/h6-9,14H,5H2,1-4H3. The second-order valence-electron chi connectivity index (χ2n) is 3.88. The average molecular weight is 210 g/mol. The van der Waals surface area contributed by atoms with Crippen LogP contribution in [-0.2, 0) is 0 Å². The first-order valence-corrected chi connectivity index (χ1v) is 5.26. The number of rotatable bonds is 4. The number of nitrogens with zero attached hydrogens (tertiary/aromatic N) is 1. The molecule has 0 spiro atoms. The van der Waals surface area contributed by atoms with Crippen molar-refractivity contribution in [3.63, 3.8) is 0 Å². The van der Waals surface area contributed by atoms with Gasteiger partial charge in [0.15, 0.2) is 0 Å². The second-order valence-corrected chi connectivity index (χ2v) is 3.88. The highest BCUT2D eigenvalue weighted by Gasteiger charge is 2.08. The summed E-state index contributed by atoms with van der Waals surface area (Å²) < 4.78 is 13.6. The number of halogens is 1. The van der Waals surface area contributed by atoms with E-state index in [1.807, 2.05) is 40.1 Å². The van der Waals surface area contributed by atoms with Crippen LogP contribution in [0.3, 0.4) is 0 Å². The van der Waals surface area contributed by atoms with Crippen LogP contribution < -0.4 is 10.2 Å². The molecule has 0 saturated heterocycles. The van der Waals surface area contributed by atoms with Gasteiger partial charge in [-0.05, 0) is 31.2 Å². The maximum atomic E-state index is 13.6. The van der Waals surface area contributed by atoms with Crippen LogP contribution in [0.25, 0.3) is 0 Å². The van der Waals surface area contributed by atoms with E-state index in [2.05, 4.69) is 5.32 Å². The lowest BCUT2D eigenvalue weighted by Gasteiger charge is -2.17. The van der Waals surface area contributed by atoms with Gasteiger partial charge in [0, 0.05) is 20.1 Å². The molecule has 3 heteroatoms. The zero-order chi connectivity index (χ0) is 11.4. The third kappa shape index (κ3) is 2.93. The van der Waals surface area contributed by atoms with Crippen LogP contribution in [0.2, 0.25) is 0 Å². The highest BCUT2D eigenvalue weighted by Crippen LogP contribution is 2.21. The number of anilines is 1. The van der Waals surface area contributed by atoms with Gasteiger partial charge in [0.05, 0.1) is 5.69 Å². The van der Waals surface area contributed by atoms with Gasteiger partial charge in [0.1, 0.15) is 5.82 Å². The first-order valence-electron chi connectivity index (χ1n) is 5.26. The second kappa shape index (κ2) is 5.12. The van der Waals surface area contributed by atoms with Crippen molar-refractivity contribution in [1.29, 1.82) is 0 Å². The van der Waals surface area contributed by atoms with Crippen molar-refractivity contribution in [2.45, 2.75) is 19.9 Å². The maximum absolute atomic E-state index is 13.6. The van der Waals surface area contributed by atoms with E-state index in [4.69, 9.17) is 0 Å². The molecule has 0 heterocycles. The minimum absolute atomic E-state index is 0.165. The lowest BCUT2D eigenvalue weighted by molar-refractivity contribution is 0.583. The van der Waals surface area contributed by atoms with E-state index in [-0.39, 0.29) is 11.9 Å². The van der Waals surface area contributed by atoms with E-state index in [0.29, 0.717) is 5.69 Å². The molecule has 0 aliphatic heterocycles. The van der Waals surface area contributed by atoms with Crippen LogP contribution in [0.15, 0.2) is 18.2 Å². The van der Waals surface area contributed by atoms with E-state index in [1.165, 1.54) is 0 Å². The molecule has 1 unspecified atom stereocenters. The van der Waals surface area contributed by atoms with Gasteiger partial charge in [0.2, 0.25) is 0 Å². The predicted molar refractivity (Wildman–Crippen MR) is 62.8 cm³/mol. The molecule has 2 nitrogen and oxygen atoms in total. The summed E-state index contributed by atoms with van der Waals surface area (Å²) in [5.74, 6) is -0.165. The molecule has 0 aromatic heterocycles. The lowest BCUT2D eigenvalue weighted by Crippen LogP contribution is -2.18. The summed E-state index contributed by atoms with van der Waals surface area (Å²) >= 11 is 0. The molecular weight excluding hydrogens is 191 g/mol. The topological polar surface area (TPSA) is 15.3 Å². The fourth-order valence-corrected chi connectivity index (χ4v) is 1.58. The third-order valence-corrected chi connectivity index (χ3v) is 2.46. The molecule has 0 aliphatic rings. The summed E-state index contributed by atoms with van der Waals surface area (Å²) in [4.78, 5) is 1.77. The summed E-state index contributed by atoms with van der Waals surface area (Å²) in [5, 5.41) is 3.26. The Morgan fingerprint density at radius 1 is 1.40 bits per heavy atom. The molecule has 1 N–H and O–H groups in total. The van der Waals surface area contributed by atoms with Crippen molar-refractivity contribution < 1.29 is 4.39 Å². The van der Waals surface area contributed by atoms with Crippen LogP contribution >= 0.6 is 0 Å². The lowest BCUT2D eigenvalue weighted by atomic mass is 10.1. The maximum Gasteiger partial charge on any atom is 0.146 e. The van der Waals surface area contributed by atoms with Crippen molar-refractivity contribution in [2.24, 2.45) is 0 Å². The SMILES string of the molecule is CCNC(C)c1ccc(N(C)C)c(F)c1. The normalized spacial score (nSPS) is 12.6. The number of hydrogen-bond acceptors (Lipinski definition) is 2. The van der Waals surface area contributed by atoms with E-state index in [9.17, 15) is 4.39 Å². The fourth-order valence-electron chi connectivity index (χ4n) is 1.58. The van der Waals surface area contributed by atoms with E-state index >= 15 is 0 Å². The molecule has 1 atom stereocenters. The molecule has 0 saturated carbocycles. The minimum atomic E-state index is -0.165. The number of hydrogen-bond donors (Lipinski definition) is 1. The zero-order valence-corrected chi connectivity index (χ0v) is 9.84. The molecular formula is C12H19FN2. The van der Waals surface area contributed by atoms with Crippen LogP contribution in [0.4, 0.5) is 10.1 Å². The molecule has 1 rings (SSSR count). The van der Waals surface area contributed by atoms with Crippen molar-refractivity contribution >= 4 is 5.69 Å². The van der Waals surface area contributed by atoms with Crippen molar-refractivity contribution in [2.75, 3.05) is 25.5 Å². The minimum Gasteiger partial charge on any atom is -0.375 e. The predicted octanol–water partition coefficient (Wildman–Crippen LogP) is 2.56. The summed E-state index contributed by atoms with van der Waals surface area (Å²) in [7, 11) is 3.68. The van der Waals surface area contributed by atoms with Crippen LogP contribution in [0.1, 0.15) is 25.5 Å². The van der Waals surface area contributed by atoms with Crippen LogP contribution in [-0.4, -0.2) is 20.6 Å². The Morgan fingerprint density at radius 2 is 2.07 bits per heavy atom. The Kier molecular flexibility index (Phi) is 4.09. The molecule has 84 valence electrons. The van der Waals surface area contributed by atoms with Gasteiger partial charge in [0.25, 0.3) is 0 Å². The van der Waals surface area contributed by atoms with Gasteiger partial charge in [-0.1, -0.05) is 13.0 Å². The Bertz CT molecular complexity index is 323. The summed E-state index contributed by atoms with van der Waals surface area (Å²) in [6, 6.07) is 5.58. The zero-order valence-electron chi connectivity index (χ0n) is 9.84. The van der Waals surface area contributed by atoms with E-state index < -0.39 is 0 Å². The highest BCUT2D eigenvalue weighted by molar-refractivity contribution is 5.48. The summed E-state index contributed by atoms with van der Waals surface area (Å²) in [6.45, 7) is 4.97. The smallest absolute Gasteiger partial charge is 0.146 e. The van der Waals surface area contributed by atoms with Gasteiger partial charge in [-0.2, -0.15) is 0 Å². The Hall–Kier alpha value is -1.09. The molecule has 1 aromatic carbocycles. The molecule has 1 aromatic rings. The number of nitrogens with one attached hydrogen (secondary N) is 1. The van der Waals surface area contributed by atoms with Gasteiger partial charge in [-0.25, -0.2) is 4.39 Å². The summed E-state index contributed by atoms with van der Waals surface area (Å²) in [5.41, 5.74) is 1.61. The molecule has 0 bridgehead atoms. The Labute approximate surface area is 91.1 Å². The Balaban J connectivity index is 2.91. The van der Waals surface area contributed by atoms with Gasteiger partial charge < -0.3 is 10.2 Å². The van der Waals surface area contributed by atoms with Crippen molar-refractivity contribution in [1.82, 2.24) is 5.32 Å². The largest absolute Gasteiger partial charge is 0.375 e. The molecule has 0 radical (unpaired) electrons. The van der Waals surface area contributed by atoms with Gasteiger partial charge in [-0.15, -0.1) is 0 Å². The molecule has 0 aliphatic carbocycles. The molecule has 0 amide bonds. The monoisotopic (exact) mass is 210 g/mol. The number of benzene rings is 1. The third-order valence-electron chi connectivity index (χ3n) is 2.46. The van der Waals surface area contributed by atoms with Crippen LogP contribution in [0.5, 0.6) is 0 Å². The molecule has 0 fully saturated rings. The first-order chi connectivity index (χ1) is 7.06. The quantitative estimate of drug-likeness (QED) is 0.821. The van der Waals surface area contributed by atoms with E-state index in [0.717, 1.165) is 12.1 Å². The first kappa shape index (κ1) is 12.0. The Morgan fingerprint density at radius 3 is 2.53 bits per heavy atom. The van der Waals surface area contributed by atoms with Crippen molar-refractivity contribution in [3.8, 4) is 0 Å². The molecule has 15 heavy (non-hydrogen) atoms. The summed E-state index contributed by atoms with van der Waals surface area (Å²) in [6.07, 6.45) is 0. The fraction of sp³-hybridized carbons (Fsp3) is 0.500. The highest BCUT2D eigenvalue weighted by atomic mass is 19.1. The van der Waals surface area contributed by atoms with Gasteiger partial charge in [-0.3, -0.25) is 0 Å².